The van der Waals surface area contributed by atoms with E-state index in [9.17, 15) is 0 Å². The first-order valence-corrected chi connectivity index (χ1v) is 19.9. The molecule has 0 aliphatic carbocycles. The van der Waals surface area contributed by atoms with Gasteiger partial charge in [-0.3, -0.25) is 0 Å². The first kappa shape index (κ1) is 33.8. The van der Waals surface area contributed by atoms with Crippen molar-refractivity contribution in [2.24, 2.45) is 0 Å². The van der Waals surface area contributed by atoms with Gasteiger partial charge in [0.05, 0.1) is 0 Å². The van der Waals surface area contributed by atoms with Gasteiger partial charge in [-0.2, -0.15) is 0 Å². The zero-order valence-electron chi connectivity index (χ0n) is 31.7. The van der Waals surface area contributed by atoms with Crippen LogP contribution < -0.4 is 26.2 Å². The molecular weight excluding hydrogens is 703 g/mol. The van der Waals surface area contributed by atoms with Gasteiger partial charge in [-0.1, -0.05) is 156 Å². The second-order valence-electron chi connectivity index (χ2n) is 14.9. The lowest BCUT2D eigenvalue weighted by Crippen LogP contribution is -2.53. The highest BCUT2D eigenvalue weighted by Gasteiger charge is 2.34. The summed E-state index contributed by atoms with van der Waals surface area (Å²) >= 11 is 0. The second-order valence-corrected chi connectivity index (χ2v) is 14.9. The molecule has 0 spiro atoms. The van der Waals surface area contributed by atoms with Crippen LogP contribution in [0.4, 0.5) is 34.1 Å². The minimum Gasteiger partial charge on any atom is -0.456 e. The summed E-state index contributed by atoms with van der Waals surface area (Å²) in [7, 11) is 0. The maximum absolute atomic E-state index is 6.39. The van der Waals surface area contributed by atoms with Gasteiger partial charge in [0, 0.05) is 44.9 Å². The van der Waals surface area contributed by atoms with Gasteiger partial charge in [0.15, 0.2) is 0 Å². The number of anilines is 6. The molecule has 0 saturated heterocycles. The highest BCUT2D eigenvalue weighted by Crippen LogP contribution is 2.41. The summed E-state index contributed by atoms with van der Waals surface area (Å²) in [6, 6.07) is 80.9. The molecule has 0 amide bonds. The number of nitrogens with zero attached hydrogens (tertiary/aromatic N) is 2. The Morgan fingerprint density at radius 1 is 0.293 bits per heavy atom. The number of furan rings is 1. The van der Waals surface area contributed by atoms with Gasteiger partial charge in [0.25, 0.3) is 0 Å². The van der Waals surface area contributed by atoms with E-state index in [1.165, 1.54) is 38.6 Å². The van der Waals surface area contributed by atoms with Crippen molar-refractivity contribution in [1.82, 2.24) is 0 Å². The van der Waals surface area contributed by atoms with Crippen LogP contribution in [0.3, 0.4) is 0 Å². The minimum absolute atomic E-state index is 0.128. The monoisotopic (exact) mass is 740 g/mol. The summed E-state index contributed by atoms with van der Waals surface area (Å²) in [6.45, 7) is -0.128. The first-order valence-electron chi connectivity index (χ1n) is 19.9. The standard InChI is InChI=1S/C54H37BN2O/c1-5-17-39(18-6-1)56(40-19-7-2-8-20-40)43-30-32-47-45-25-13-14-26-46(45)48-33-31-44(57(41-21-9-3-10-22-41)42-23-11-4-12-24-42)37-52(48)55(51(47)36-43)38-29-34-54-50(35-38)49-27-15-16-28-53(49)58-54/h1-37H. The Hall–Kier alpha value is -7.56. The molecule has 9 aromatic carbocycles. The van der Waals surface area contributed by atoms with Crippen LogP contribution >= 0.6 is 0 Å². The zero-order valence-corrected chi connectivity index (χ0v) is 31.7. The summed E-state index contributed by atoms with van der Waals surface area (Å²) in [5.41, 5.74) is 17.0. The van der Waals surface area contributed by atoms with Crippen molar-refractivity contribution < 1.29 is 4.42 Å². The maximum atomic E-state index is 6.39. The van der Waals surface area contributed by atoms with E-state index in [4.69, 9.17) is 4.42 Å². The van der Waals surface area contributed by atoms with E-state index in [1.54, 1.807) is 0 Å². The molecule has 1 aliphatic rings. The maximum Gasteiger partial charge on any atom is 0.243 e. The van der Waals surface area contributed by atoms with Crippen molar-refractivity contribution in [3.05, 3.63) is 224 Å². The lowest BCUT2D eigenvalue weighted by molar-refractivity contribution is 0.669. The summed E-state index contributed by atoms with van der Waals surface area (Å²) in [4.78, 5) is 4.73. The van der Waals surface area contributed by atoms with E-state index in [1.807, 2.05) is 6.07 Å². The van der Waals surface area contributed by atoms with Crippen LogP contribution in [0, 0.1) is 0 Å². The van der Waals surface area contributed by atoms with E-state index in [-0.39, 0.29) is 6.71 Å². The van der Waals surface area contributed by atoms with Crippen LogP contribution in [0.5, 0.6) is 0 Å². The summed E-state index contributed by atoms with van der Waals surface area (Å²) in [6.07, 6.45) is 0. The van der Waals surface area contributed by atoms with Gasteiger partial charge < -0.3 is 14.2 Å². The number of hydrogen-bond acceptors (Lipinski definition) is 3. The molecule has 0 radical (unpaired) electrons. The number of hydrogen-bond donors (Lipinski definition) is 0. The van der Waals surface area contributed by atoms with E-state index in [2.05, 4.69) is 228 Å². The Labute approximate surface area is 338 Å². The molecule has 4 heteroatoms. The molecule has 58 heavy (non-hydrogen) atoms. The third kappa shape index (κ3) is 5.77. The van der Waals surface area contributed by atoms with Crippen molar-refractivity contribution in [3.63, 3.8) is 0 Å². The van der Waals surface area contributed by atoms with E-state index in [0.717, 1.165) is 56.1 Å². The molecule has 1 aliphatic heterocycles. The lowest BCUT2D eigenvalue weighted by atomic mass is 9.35. The molecule has 0 N–H and O–H groups in total. The van der Waals surface area contributed by atoms with Gasteiger partial charge in [0.1, 0.15) is 11.2 Å². The fourth-order valence-electron chi connectivity index (χ4n) is 8.95. The fraction of sp³-hybridized carbons (Fsp3) is 0. The molecule has 11 rings (SSSR count). The molecule has 0 atom stereocenters. The summed E-state index contributed by atoms with van der Waals surface area (Å²) in [5.74, 6) is 0. The second kappa shape index (κ2) is 14.2. The molecule has 1 aromatic heterocycles. The Morgan fingerprint density at radius 3 is 1.19 bits per heavy atom. The number of para-hydroxylation sites is 5. The summed E-state index contributed by atoms with van der Waals surface area (Å²) < 4.78 is 6.39. The Morgan fingerprint density at radius 2 is 0.707 bits per heavy atom. The molecule has 10 aromatic rings. The van der Waals surface area contributed by atoms with Crippen molar-refractivity contribution in [1.29, 1.82) is 0 Å². The van der Waals surface area contributed by atoms with Gasteiger partial charge >= 0.3 is 0 Å². The first-order chi connectivity index (χ1) is 28.8. The van der Waals surface area contributed by atoms with Crippen molar-refractivity contribution in [3.8, 4) is 22.3 Å². The zero-order chi connectivity index (χ0) is 38.4. The average molecular weight is 741 g/mol. The average Bonchev–Trinajstić information content (AvgIpc) is 3.61. The van der Waals surface area contributed by atoms with E-state index < -0.39 is 0 Å². The summed E-state index contributed by atoms with van der Waals surface area (Å²) in [5, 5.41) is 2.24. The molecule has 2 heterocycles. The van der Waals surface area contributed by atoms with Gasteiger partial charge in [0.2, 0.25) is 6.71 Å². The molecule has 0 bridgehead atoms. The Balaban J connectivity index is 1.21. The number of rotatable bonds is 7. The molecule has 0 unspecified atom stereocenters. The quantitative estimate of drug-likeness (QED) is 0.152. The highest BCUT2D eigenvalue weighted by molar-refractivity contribution is 6.97. The van der Waals surface area contributed by atoms with Crippen LogP contribution in [-0.4, -0.2) is 6.71 Å². The minimum atomic E-state index is -0.128. The topological polar surface area (TPSA) is 19.6 Å². The molecule has 3 nitrogen and oxygen atoms in total. The lowest BCUT2D eigenvalue weighted by Gasteiger charge is -2.28. The molecular formula is C54H37BN2O. The Bertz CT molecular complexity index is 2840. The van der Waals surface area contributed by atoms with Gasteiger partial charge in [-0.15, -0.1) is 0 Å². The molecule has 0 fully saturated rings. The SMILES string of the molecule is c1ccc(N(c2ccccc2)c2ccc3c(c2)B(c2ccc4oc5ccccc5c4c2)c2cc(N(c4ccccc4)c4ccccc4)ccc2-c2ccccc2-3)cc1. The molecule has 272 valence electrons. The number of benzene rings is 9. The van der Waals surface area contributed by atoms with Crippen LogP contribution in [0.25, 0.3) is 44.2 Å². The van der Waals surface area contributed by atoms with E-state index in [0.29, 0.717) is 0 Å². The predicted molar refractivity (Wildman–Crippen MR) is 245 cm³/mol. The highest BCUT2D eigenvalue weighted by atomic mass is 16.3. The smallest absolute Gasteiger partial charge is 0.243 e. The van der Waals surface area contributed by atoms with Gasteiger partial charge in [-0.05, 0) is 107 Å². The Kier molecular flexibility index (Phi) is 8.26. The van der Waals surface area contributed by atoms with Gasteiger partial charge in [-0.25, -0.2) is 0 Å². The van der Waals surface area contributed by atoms with E-state index >= 15 is 0 Å². The number of fused-ring (bicyclic) bond motifs is 8. The molecule has 0 saturated carbocycles. The van der Waals surface area contributed by atoms with Crippen molar-refractivity contribution in [2.45, 2.75) is 0 Å². The predicted octanol–water partition coefficient (Wildman–Crippen LogP) is 12.7. The van der Waals surface area contributed by atoms with Crippen LogP contribution in [0.2, 0.25) is 0 Å². The fourth-order valence-corrected chi connectivity index (χ4v) is 8.95. The van der Waals surface area contributed by atoms with Crippen LogP contribution in [0.1, 0.15) is 0 Å². The van der Waals surface area contributed by atoms with Crippen LogP contribution in [-0.2, 0) is 0 Å². The third-order valence-electron chi connectivity index (χ3n) is 11.5. The van der Waals surface area contributed by atoms with Crippen molar-refractivity contribution in [2.75, 3.05) is 9.80 Å². The third-order valence-corrected chi connectivity index (χ3v) is 11.5. The largest absolute Gasteiger partial charge is 0.456 e. The van der Waals surface area contributed by atoms with Crippen LogP contribution in [0.15, 0.2) is 229 Å². The van der Waals surface area contributed by atoms with Crippen molar-refractivity contribution >= 4 is 79.2 Å². The normalized spacial score (nSPS) is 11.8.